The third-order valence-electron chi connectivity index (χ3n) is 2.62. The number of ketones is 1. The average molecular weight is 261 g/mol. The van der Waals surface area contributed by atoms with Gasteiger partial charge in [-0.1, -0.05) is 24.4 Å². The van der Waals surface area contributed by atoms with Crippen LogP contribution in [0.1, 0.15) is 35.4 Å². The molecule has 0 aromatic carbocycles. The molecule has 0 aliphatic heterocycles. The lowest BCUT2D eigenvalue weighted by molar-refractivity contribution is 0.102. The number of thiophene rings is 1. The van der Waals surface area contributed by atoms with Crippen LogP contribution >= 0.6 is 34.7 Å². The highest BCUT2D eigenvalue weighted by Gasteiger charge is 2.18. The third kappa shape index (κ3) is 2.99. The number of carbonyl (C=O) groups is 1. The number of halogens is 1. The standard InChI is InChI=1S/C11H13ClOS2/c12-9-5-6-14-11(9)10(13)7-15-8-3-1-2-4-8/h5-6,8H,1-4,7H2. The SMILES string of the molecule is O=C(CSC1CCCC1)c1sccc1Cl. The van der Waals surface area contributed by atoms with E-state index in [1.165, 1.54) is 37.0 Å². The van der Waals surface area contributed by atoms with Gasteiger partial charge >= 0.3 is 0 Å². The molecule has 1 aliphatic rings. The first kappa shape index (κ1) is 11.5. The summed E-state index contributed by atoms with van der Waals surface area (Å²) >= 11 is 9.15. The Morgan fingerprint density at radius 2 is 2.27 bits per heavy atom. The van der Waals surface area contributed by atoms with Gasteiger partial charge in [0, 0.05) is 5.25 Å². The average Bonchev–Trinajstić information content (AvgIpc) is 2.84. The van der Waals surface area contributed by atoms with Gasteiger partial charge in [-0.2, -0.15) is 11.8 Å². The van der Waals surface area contributed by atoms with Crippen molar-refractivity contribution < 1.29 is 4.79 Å². The fourth-order valence-electron chi connectivity index (χ4n) is 1.81. The highest BCUT2D eigenvalue weighted by Crippen LogP contribution is 2.31. The van der Waals surface area contributed by atoms with Crippen molar-refractivity contribution in [3.05, 3.63) is 21.3 Å². The zero-order valence-corrected chi connectivity index (χ0v) is 10.8. The summed E-state index contributed by atoms with van der Waals surface area (Å²) in [6.07, 6.45) is 5.20. The fourth-order valence-corrected chi connectivity index (χ4v) is 4.20. The summed E-state index contributed by atoms with van der Waals surface area (Å²) in [5.74, 6) is 0.775. The topological polar surface area (TPSA) is 17.1 Å². The number of hydrogen-bond donors (Lipinski definition) is 0. The molecule has 0 spiro atoms. The van der Waals surface area contributed by atoms with E-state index >= 15 is 0 Å². The molecule has 1 heterocycles. The van der Waals surface area contributed by atoms with Crippen molar-refractivity contribution >= 4 is 40.5 Å². The predicted molar refractivity (Wildman–Crippen MR) is 68.4 cm³/mol. The number of carbonyl (C=O) groups excluding carboxylic acids is 1. The van der Waals surface area contributed by atoms with Gasteiger partial charge in [-0.3, -0.25) is 4.79 Å². The number of thioether (sulfide) groups is 1. The Kier molecular flexibility index (Phi) is 4.12. The van der Waals surface area contributed by atoms with Crippen molar-refractivity contribution in [2.24, 2.45) is 0 Å². The van der Waals surface area contributed by atoms with E-state index in [2.05, 4.69) is 0 Å². The largest absolute Gasteiger partial charge is 0.292 e. The molecule has 0 atom stereocenters. The molecule has 1 fully saturated rings. The Bertz CT molecular complexity index is 342. The highest BCUT2D eigenvalue weighted by molar-refractivity contribution is 8.00. The number of rotatable bonds is 4. The van der Waals surface area contributed by atoms with Crippen LogP contribution in [-0.2, 0) is 0 Å². The van der Waals surface area contributed by atoms with Gasteiger partial charge in [0.05, 0.1) is 15.7 Å². The molecule has 0 unspecified atom stereocenters. The molecule has 0 radical (unpaired) electrons. The molecular formula is C11H13ClOS2. The van der Waals surface area contributed by atoms with E-state index in [-0.39, 0.29) is 5.78 Å². The van der Waals surface area contributed by atoms with Gasteiger partial charge in [-0.15, -0.1) is 11.3 Å². The smallest absolute Gasteiger partial charge is 0.184 e. The van der Waals surface area contributed by atoms with E-state index in [4.69, 9.17) is 11.6 Å². The molecule has 0 saturated heterocycles. The number of hydrogen-bond acceptors (Lipinski definition) is 3. The predicted octanol–water partition coefficient (Wildman–Crippen LogP) is 4.26. The minimum atomic E-state index is 0.187. The van der Waals surface area contributed by atoms with Crippen LogP contribution in [0.25, 0.3) is 0 Å². The first-order valence-electron chi connectivity index (χ1n) is 5.15. The molecule has 2 rings (SSSR count). The van der Waals surface area contributed by atoms with Gasteiger partial charge in [-0.05, 0) is 24.3 Å². The summed E-state index contributed by atoms with van der Waals surface area (Å²) in [6, 6.07) is 1.79. The third-order valence-corrected chi connectivity index (χ3v) is 5.38. The van der Waals surface area contributed by atoms with Crippen LogP contribution in [0.5, 0.6) is 0 Å². The molecule has 1 saturated carbocycles. The summed E-state index contributed by atoms with van der Waals surface area (Å²) in [4.78, 5) is 12.5. The monoisotopic (exact) mass is 260 g/mol. The lowest BCUT2D eigenvalue weighted by Gasteiger charge is -2.06. The van der Waals surface area contributed by atoms with Crippen LogP contribution in [0.15, 0.2) is 11.4 Å². The summed E-state index contributed by atoms with van der Waals surface area (Å²) in [7, 11) is 0. The molecule has 1 nitrogen and oxygen atoms in total. The second-order valence-electron chi connectivity index (χ2n) is 3.74. The Balaban J connectivity index is 1.84. The quantitative estimate of drug-likeness (QED) is 0.753. The minimum absolute atomic E-state index is 0.187. The van der Waals surface area contributed by atoms with Gasteiger partial charge in [0.15, 0.2) is 5.78 Å². The van der Waals surface area contributed by atoms with Gasteiger partial charge in [0.25, 0.3) is 0 Å². The van der Waals surface area contributed by atoms with Crippen molar-refractivity contribution in [2.45, 2.75) is 30.9 Å². The van der Waals surface area contributed by atoms with Gasteiger partial charge < -0.3 is 0 Å². The maximum atomic E-state index is 11.8. The van der Waals surface area contributed by atoms with Gasteiger partial charge in [-0.25, -0.2) is 0 Å². The molecule has 1 aromatic heterocycles. The van der Waals surface area contributed by atoms with Crippen molar-refractivity contribution in [1.82, 2.24) is 0 Å². The summed E-state index contributed by atoms with van der Waals surface area (Å²) in [5, 5.41) is 3.18. The summed E-state index contributed by atoms with van der Waals surface area (Å²) < 4.78 is 0. The van der Waals surface area contributed by atoms with E-state index in [1.807, 2.05) is 5.38 Å². The zero-order valence-electron chi connectivity index (χ0n) is 8.37. The van der Waals surface area contributed by atoms with Crippen molar-refractivity contribution in [1.29, 1.82) is 0 Å². The molecular weight excluding hydrogens is 248 g/mol. The molecule has 82 valence electrons. The van der Waals surface area contributed by atoms with Crippen LogP contribution < -0.4 is 0 Å². The highest BCUT2D eigenvalue weighted by atomic mass is 35.5. The fraction of sp³-hybridized carbons (Fsp3) is 0.545. The van der Waals surface area contributed by atoms with E-state index < -0.39 is 0 Å². The van der Waals surface area contributed by atoms with E-state index in [9.17, 15) is 4.79 Å². The van der Waals surface area contributed by atoms with Crippen molar-refractivity contribution in [3.8, 4) is 0 Å². The van der Waals surface area contributed by atoms with E-state index in [0.717, 1.165) is 4.88 Å². The molecule has 0 amide bonds. The second-order valence-corrected chi connectivity index (χ2v) is 6.35. The summed E-state index contributed by atoms with van der Waals surface area (Å²) in [5.41, 5.74) is 0. The Morgan fingerprint density at radius 3 is 2.87 bits per heavy atom. The Hall–Kier alpha value is 0.01000. The van der Waals surface area contributed by atoms with E-state index in [0.29, 0.717) is 16.0 Å². The van der Waals surface area contributed by atoms with Crippen molar-refractivity contribution in [2.75, 3.05) is 5.75 Å². The normalized spacial score (nSPS) is 17.1. The first-order chi connectivity index (χ1) is 7.27. The van der Waals surface area contributed by atoms with E-state index in [1.54, 1.807) is 17.8 Å². The first-order valence-corrected chi connectivity index (χ1v) is 7.46. The van der Waals surface area contributed by atoms with Crippen LogP contribution in [0.3, 0.4) is 0 Å². The Labute approximate surface area is 103 Å². The molecule has 15 heavy (non-hydrogen) atoms. The molecule has 1 aromatic rings. The summed E-state index contributed by atoms with van der Waals surface area (Å²) in [6.45, 7) is 0. The van der Waals surface area contributed by atoms with Gasteiger partial charge in [0.1, 0.15) is 0 Å². The molecule has 4 heteroatoms. The maximum absolute atomic E-state index is 11.8. The number of Topliss-reactive ketones (excluding diaryl/α,β-unsaturated/α-hetero) is 1. The van der Waals surface area contributed by atoms with Crippen molar-refractivity contribution in [3.63, 3.8) is 0 Å². The lowest BCUT2D eigenvalue weighted by Crippen LogP contribution is -2.05. The minimum Gasteiger partial charge on any atom is -0.292 e. The van der Waals surface area contributed by atoms with Crippen LogP contribution in [0, 0.1) is 0 Å². The van der Waals surface area contributed by atoms with Crippen LogP contribution in [-0.4, -0.2) is 16.8 Å². The molecule has 0 bridgehead atoms. The van der Waals surface area contributed by atoms with Crippen LogP contribution in [0.2, 0.25) is 5.02 Å². The van der Waals surface area contributed by atoms with Gasteiger partial charge in [0.2, 0.25) is 0 Å². The zero-order chi connectivity index (χ0) is 10.7. The van der Waals surface area contributed by atoms with Crippen LogP contribution in [0.4, 0.5) is 0 Å². The second kappa shape index (κ2) is 5.37. The lowest BCUT2D eigenvalue weighted by atomic mass is 10.3. The maximum Gasteiger partial charge on any atom is 0.184 e. The molecule has 0 N–H and O–H groups in total. The Morgan fingerprint density at radius 1 is 1.53 bits per heavy atom. The molecule has 1 aliphatic carbocycles.